The average molecular weight is 285 g/mol. The molecule has 7 nitrogen and oxygen atoms in total. The topological polar surface area (TPSA) is 93.3 Å². The van der Waals surface area contributed by atoms with Crippen molar-refractivity contribution >= 4 is 22.8 Å². The first-order valence-corrected chi connectivity index (χ1v) is 6.29. The Morgan fingerprint density at radius 2 is 2.32 bits per heavy atom. The normalized spacial score (nSPS) is 27.3. The number of imidazole rings is 1. The van der Waals surface area contributed by atoms with Crippen LogP contribution >= 0.6 is 11.6 Å². The lowest BCUT2D eigenvalue weighted by Crippen LogP contribution is -2.24. The van der Waals surface area contributed by atoms with E-state index in [2.05, 4.69) is 15.0 Å². The molecule has 3 atom stereocenters. The Bertz CT molecular complexity index is 617. The summed E-state index contributed by atoms with van der Waals surface area (Å²) in [6, 6.07) is 0. The minimum absolute atomic E-state index is 0.143. The van der Waals surface area contributed by atoms with Gasteiger partial charge in [0.2, 0.25) is 5.28 Å². The van der Waals surface area contributed by atoms with Crippen LogP contribution in [0, 0.1) is 6.92 Å². The van der Waals surface area contributed by atoms with E-state index in [1.807, 2.05) is 0 Å². The van der Waals surface area contributed by atoms with Crippen LogP contribution in [0.1, 0.15) is 18.3 Å². The number of aliphatic hydroxyl groups excluding tert-OH is 2. The number of hydrogen-bond acceptors (Lipinski definition) is 6. The molecule has 2 N–H and O–H groups in total. The summed E-state index contributed by atoms with van der Waals surface area (Å²) in [7, 11) is 0. The largest absolute Gasteiger partial charge is 0.394 e. The van der Waals surface area contributed by atoms with Crippen LogP contribution in [0.15, 0.2) is 6.33 Å². The molecule has 8 heteroatoms. The highest BCUT2D eigenvalue weighted by molar-refractivity contribution is 6.28. The van der Waals surface area contributed by atoms with Crippen molar-refractivity contribution < 1.29 is 14.9 Å². The van der Waals surface area contributed by atoms with E-state index < -0.39 is 18.4 Å². The molecular formula is C11H13ClN4O3. The van der Waals surface area contributed by atoms with Crippen molar-refractivity contribution in [2.24, 2.45) is 0 Å². The second-order valence-corrected chi connectivity index (χ2v) is 4.85. The summed E-state index contributed by atoms with van der Waals surface area (Å²) in [6.07, 6.45) is 0.256. The second-order valence-electron chi connectivity index (χ2n) is 4.52. The van der Waals surface area contributed by atoms with Crippen molar-refractivity contribution in [2.75, 3.05) is 6.61 Å². The van der Waals surface area contributed by atoms with Crippen LogP contribution in [0.4, 0.5) is 0 Å². The van der Waals surface area contributed by atoms with Crippen LogP contribution in [0.3, 0.4) is 0 Å². The zero-order chi connectivity index (χ0) is 13.6. The molecule has 0 saturated carbocycles. The van der Waals surface area contributed by atoms with Gasteiger partial charge in [-0.2, -0.15) is 4.98 Å². The van der Waals surface area contributed by atoms with E-state index in [1.165, 1.54) is 0 Å². The van der Waals surface area contributed by atoms with Gasteiger partial charge in [0.25, 0.3) is 0 Å². The third-order valence-corrected chi connectivity index (χ3v) is 3.43. The average Bonchev–Trinajstić information content (AvgIpc) is 2.92. The molecular weight excluding hydrogens is 272 g/mol. The monoisotopic (exact) mass is 284 g/mol. The molecule has 0 aromatic carbocycles. The van der Waals surface area contributed by atoms with Crippen LogP contribution in [0.5, 0.6) is 0 Å². The van der Waals surface area contributed by atoms with Gasteiger partial charge in [-0.15, -0.1) is 0 Å². The van der Waals surface area contributed by atoms with E-state index in [9.17, 15) is 5.11 Å². The van der Waals surface area contributed by atoms with E-state index in [4.69, 9.17) is 21.4 Å². The van der Waals surface area contributed by atoms with Gasteiger partial charge in [0, 0.05) is 6.42 Å². The first-order chi connectivity index (χ1) is 9.10. The van der Waals surface area contributed by atoms with Crippen molar-refractivity contribution in [1.29, 1.82) is 0 Å². The van der Waals surface area contributed by atoms with Gasteiger partial charge >= 0.3 is 0 Å². The predicted octanol–water partition coefficient (Wildman–Crippen LogP) is 0.429. The molecule has 0 unspecified atom stereocenters. The van der Waals surface area contributed by atoms with Crippen LogP contribution in [-0.2, 0) is 4.74 Å². The van der Waals surface area contributed by atoms with E-state index >= 15 is 0 Å². The molecule has 0 amide bonds. The number of nitrogens with zero attached hydrogens (tertiary/aromatic N) is 4. The Morgan fingerprint density at radius 1 is 1.53 bits per heavy atom. The van der Waals surface area contributed by atoms with Crippen LogP contribution in [0.2, 0.25) is 5.28 Å². The second kappa shape index (κ2) is 4.68. The number of aryl methyl sites for hydroxylation is 1. The first-order valence-electron chi connectivity index (χ1n) is 5.91. The quantitative estimate of drug-likeness (QED) is 0.777. The molecule has 2 aromatic rings. The highest BCUT2D eigenvalue weighted by atomic mass is 35.5. The zero-order valence-corrected chi connectivity index (χ0v) is 10.9. The lowest BCUT2D eigenvalue weighted by Gasteiger charge is -2.13. The Morgan fingerprint density at radius 3 is 3.00 bits per heavy atom. The number of fused-ring (bicyclic) bond motifs is 1. The SMILES string of the molecule is Cc1nc(Cl)nc2c1ncn2[C@H]1C[C@H](O)[C@@H](CO)O1. The van der Waals surface area contributed by atoms with Gasteiger partial charge in [-0.3, -0.25) is 4.57 Å². The van der Waals surface area contributed by atoms with E-state index in [-0.39, 0.29) is 11.9 Å². The zero-order valence-electron chi connectivity index (χ0n) is 10.2. The van der Waals surface area contributed by atoms with Gasteiger partial charge in [-0.05, 0) is 18.5 Å². The van der Waals surface area contributed by atoms with Crippen LogP contribution < -0.4 is 0 Å². The Balaban J connectivity index is 2.02. The maximum absolute atomic E-state index is 9.76. The van der Waals surface area contributed by atoms with Gasteiger partial charge in [0.15, 0.2) is 5.65 Å². The van der Waals surface area contributed by atoms with Crippen LogP contribution in [-0.4, -0.2) is 48.5 Å². The Kier molecular flexibility index (Phi) is 3.14. The minimum atomic E-state index is -0.703. The molecule has 3 rings (SSSR count). The van der Waals surface area contributed by atoms with E-state index in [0.717, 1.165) is 0 Å². The van der Waals surface area contributed by atoms with Crippen molar-refractivity contribution in [3.63, 3.8) is 0 Å². The fourth-order valence-corrected chi connectivity index (χ4v) is 2.49. The third kappa shape index (κ3) is 2.08. The van der Waals surface area contributed by atoms with Gasteiger partial charge in [-0.25, -0.2) is 9.97 Å². The fourth-order valence-electron chi connectivity index (χ4n) is 2.29. The molecule has 1 aliphatic heterocycles. The number of ether oxygens (including phenoxy) is 1. The van der Waals surface area contributed by atoms with Gasteiger partial charge in [0.05, 0.1) is 24.7 Å². The summed E-state index contributed by atoms with van der Waals surface area (Å²) < 4.78 is 7.28. The molecule has 3 heterocycles. The van der Waals surface area contributed by atoms with Crippen molar-refractivity contribution in [2.45, 2.75) is 31.8 Å². The lowest BCUT2D eigenvalue weighted by atomic mass is 10.2. The summed E-state index contributed by atoms with van der Waals surface area (Å²) >= 11 is 5.85. The molecule has 1 saturated heterocycles. The summed E-state index contributed by atoms with van der Waals surface area (Å²) in [5.41, 5.74) is 1.90. The van der Waals surface area contributed by atoms with Gasteiger partial charge in [0.1, 0.15) is 17.8 Å². The van der Waals surface area contributed by atoms with Gasteiger partial charge < -0.3 is 14.9 Å². The Labute approximate surface area is 113 Å². The van der Waals surface area contributed by atoms with Crippen molar-refractivity contribution in [3.05, 3.63) is 17.3 Å². The summed E-state index contributed by atoms with van der Waals surface area (Å²) in [6.45, 7) is 1.58. The number of hydrogen-bond donors (Lipinski definition) is 2. The number of halogens is 1. The fraction of sp³-hybridized carbons (Fsp3) is 0.545. The summed E-state index contributed by atoms with van der Waals surface area (Å²) in [4.78, 5) is 12.4. The Hall–Kier alpha value is -1.28. The molecule has 19 heavy (non-hydrogen) atoms. The number of aliphatic hydroxyl groups is 2. The maximum atomic E-state index is 9.76. The molecule has 102 valence electrons. The van der Waals surface area contributed by atoms with Crippen LogP contribution in [0.25, 0.3) is 11.2 Å². The van der Waals surface area contributed by atoms with E-state index in [0.29, 0.717) is 23.3 Å². The molecule has 1 aliphatic rings. The van der Waals surface area contributed by atoms with Crippen molar-refractivity contribution in [3.8, 4) is 0 Å². The number of rotatable bonds is 2. The van der Waals surface area contributed by atoms with Crippen molar-refractivity contribution in [1.82, 2.24) is 19.5 Å². The molecule has 0 aliphatic carbocycles. The highest BCUT2D eigenvalue weighted by Crippen LogP contribution is 2.31. The van der Waals surface area contributed by atoms with Gasteiger partial charge in [-0.1, -0.05) is 0 Å². The molecule has 2 aromatic heterocycles. The number of aromatic nitrogens is 4. The summed E-state index contributed by atoms with van der Waals surface area (Å²) in [5, 5.41) is 19.0. The smallest absolute Gasteiger partial charge is 0.224 e. The molecule has 0 spiro atoms. The predicted molar refractivity (Wildman–Crippen MR) is 66.7 cm³/mol. The molecule has 0 bridgehead atoms. The minimum Gasteiger partial charge on any atom is -0.394 e. The standard InChI is InChI=1S/C11H13ClN4O3/c1-5-9-10(15-11(12)14-5)16(4-13-9)8-2-6(18)7(3-17)19-8/h4,6-8,17-18H,2-3H2,1H3/t6-,7+,8+/m0/s1. The molecule has 0 radical (unpaired) electrons. The van der Waals surface area contributed by atoms with E-state index in [1.54, 1.807) is 17.8 Å². The lowest BCUT2D eigenvalue weighted by molar-refractivity contribution is -0.0432. The highest BCUT2D eigenvalue weighted by Gasteiger charge is 2.35. The molecule has 1 fully saturated rings. The third-order valence-electron chi connectivity index (χ3n) is 3.26. The maximum Gasteiger partial charge on any atom is 0.224 e. The first kappa shape index (κ1) is 12.7. The summed E-state index contributed by atoms with van der Waals surface area (Å²) in [5.74, 6) is 0.